The van der Waals surface area contributed by atoms with Gasteiger partial charge in [-0.3, -0.25) is 4.90 Å². The molecule has 1 saturated heterocycles. The number of likely N-dealkylation sites (tertiary alicyclic amines) is 1. The van der Waals surface area contributed by atoms with Gasteiger partial charge in [0.25, 0.3) is 0 Å². The minimum atomic E-state index is -1.12. The first-order valence-corrected chi connectivity index (χ1v) is 4.40. The maximum absolute atomic E-state index is 11.2. The lowest BCUT2D eigenvalue weighted by Gasteiger charge is -2.19. The van der Waals surface area contributed by atoms with E-state index in [9.17, 15) is 14.7 Å². The van der Waals surface area contributed by atoms with Crippen molar-refractivity contribution >= 4 is 24.5 Å². The number of carboxylic acid groups (broad SMARTS) is 1. The first-order valence-electron chi connectivity index (χ1n) is 4.40. The summed E-state index contributed by atoms with van der Waals surface area (Å²) in [5, 5.41) is 18.0. The SMILES string of the molecule is CCOC(=O)N1CC(O)C[C@H]1C(=O)O.Cl. The van der Waals surface area contributed by atoms with Gasteiger partial charge in [0.15, 0.2) is 0 Å². The van der Waals surface area contributed by atoms with Gasteiger partial charge in [-0.05, 0) is 6.92 Å². The molecule has 88 valence electrons. The summed E-state index contributed by atoms with van der Waals surface area (Å²) in [5.41, 5.74) is 0. The van der Waals surface area contributed by atoms with Crippen molar-refractivity contribution in [3.8, 4) is 0 Å². The lowest BCUT2D eigenvalue weighted by Crippen LogP contribution is -2.40. The van der Waals surface area contributed by atoms with Crippen LogP contribution >= 0.6 is 12.4 Å². The number of hydrogen-bond acceptors (Lipinski definition) is 4. The number of aliphatic hydroxyl groups is 1. The molecule has 0 aromatic heterocycles. The van der Waals surface area contributed by atoms with Crippen LogP contribution in [0.15, 0.2) is 0 Å². The Morgan fingerprint density at radius 2 is 2.13 bits per heavy atom. The van der Waals surface area contributed by atoms with Crippen molar-refractivity contribution in [2.24, 2.45) is 0 Å². The summed E-state index contributed by atoms with van der Waals surface area (Å²) in [6.07, 6.45) is -1.40. The van der Waals surface area contributed by atoms with Crippen LogP contribution in [0.2, 0.25) is 0 Å². The number of halogens is 1. The highest BCUT2D eigenvalue weighted by molar-refractivity contribution is 5.85. The molecule has 0 aliphatic carbocycles. The average Bonchev–Trinajstić information content (AvgIpc) is 2.48. The fourth-order valence-corrected chi connectivity index (χ4v) is 1.46. The Labute approximate surface area is 93.2 Å². The zero-order chi connectivity index (χ0) is 10.7. The molecule has 2 atom stereocenters. The van der Waals surface area contributed by atoms with E-state index in [1.165, 1.54) is 0 Å². The van der Waals surface area contributed by atoms with Crippen LogP contribution in [-0.2, 0) is 9.53 Å². The highest BCUT2D eigenvalue weighted by Crippen LogP contribution is 2.18. The van der Waals surface area contributed by atoms with Gasteiger partial charge in [0, 0.05) is 6.42 Å². The van der Waals surface area contributed by atoms with Gasteiger partial charge >= 0.3 is 12.1 Å². The maximum atomic E-state index is 11.2. The van der Waals surface area contributed by atoms with Gasteiger partial charge in [-0.25, -0.2) is 9.59 Å². The highest BCUT2D eigenvalue weighted by atomic mass is 35.5. The molecule has 0 spiro atoms. The van der Waals surface area contributed by atoms with Crippen LogP contribution in [0.4, 0.5) is 4.79 Å². The Morgan fingerprint density at radius 3 is 2.60 bits per heavy atom. The van der Waals surface area contributed by atoms with Crippen LogP contribution < -0.4 is 0 Å². The van der Waals surface area contributed by atoms with Crippen LogP contribution in [0, 0.1) is 0 Å². The third-order valence-electron chi connectivity index (χ3n) is 2.07. The average molecular weight is 240 g/mol. The third kappa shape index (κ3) is 3.24. The molecule has 1 rings (SSSR count). The second-order valence-electron chi connectivity index (χ2n) is 3.09. The van der Waals surface area contributed by atoms with Gasteiger partial charge in [0.05, 0.1) is 19.3 Å². The lowest BCUT2D eigenvalue weighted by molar-refractivity contribution is -0.141. The van der Waals surface area contributed by atoms with Crippen LogP contribution in [0.1, 0.15) is 13.3 Å². The molecule has 15 heavy (non-hydrogen) atoms. The number of carboxylic acids is 1. The summed E-state index contributed by atoms with van der Waals surface area (Å²) in [6.45, 7) is 1.85. The minimum absolute atomic E-state index is 0. The molecular formula is C8H14ClNO5. The fraction of sp³-hybridized carbons (Fsp3) is 0.750. The summed E-state index contributed by atoms with van der Waals surface area (Å²) in [6, 6.07) is -0.968. The fourth-order valence-electron chi connectivity index (χ4n) is 1.46. The largest absolute Gasteiger partial charge is 0.480 e. The monoisotopic (exact) mass is 239 g/mol. The summed E-state index contributed by atoms with van der Waals surface area (Å²) in [5.74, 6) is -1.12. The number of carbonyl (C=O) groups excluding carboxylic acids is 1. The Morgan fingerprint density at radius 1 is 1.53 bits per heavy atom. The molecule has 1 aliphatic heterocycles. The lowest BCUT2D eigenvalue weighted by atomic mass is 10.2. The van der Waals surface area contributed by atoms with E-state index < -0.39 is 24.2 Å². The van der Waals surface area contributed by atoms with Gasteiger partial charge in [-0.2, -0.15) is 0 Å². The molecule has 0 bridgehead atoms. The van der Waals surface area contributed by atoms with E-state index in [1.54, 1.807) is 6.92 Å². The van der Waals surface area contributed by atoms with Gasteiger partial charge in [-0.15, -0.1) is 12.4 Å². The predicted octanol–water partition coefficient (Wildman–Crippen LogP) is 0.0845. The van der Waals surface area contributed by atoms with E-state index in [-0.39, 0.29) is 32.0 Å². The standard InChI is InChI=1S/C8H13NO5.ClH/c1-2-14-8(13)9-4-5(10)3-6(9)7(11)12;/h5-6,10H,2-4H2,1H3,(H,11,12);1H/t5?,6-;/m0./s1. The number of ether oxygens (including phenoxy) is 1. The molecule has 0 radical (unpaired) electrons. The molecule has 0 saturated carbocycles. The minimum Gasteiger partial charge on any atom is -0.480 e. The molecule has 7 heteroatoms. The maximum Gasteiger partial charge on any atom is 0.410 e. The Balaban J connectivity index is 0.00000196. The summed E-state index contributed by atoms with van der Waals surface area (Å²) < 4.78 is 4.67. The molecule has 6 nitrogen and oxygen atoms in total. The van der Waals surface area contributed by atoms with E-state index in [0.29, 0.717) is 0 Å². The van der Waals surface area contributed by atoms with Crippen LogP contribution in [0.3, 0.4) is 0 Å². The summed E-state index contributed by atoms with van der Waals surface area (Å²) in [4.78, 5) is 23.0. The number of aliphatic hydroxyl groups excluding tert-OH is 1. The van der Waals surface area contributed by atoms with E-state index in [4.69, 9.17) is 5.11 Å². The van der Waals surface area contributed by atoms with Crippen molar-refractivity contribution < 1.29 is 24.5 Å². The van der Waals surface area contributed by atoms with Crippen molar-refractivity contribution in [1.82, 2.24) is 4.90 Å². The van der Waals surface area contributed by atoms with Crippen LogP contribution in [-0.4, -0.2) is 52.5 Å². The van der Waals surface area contributed by atoms with E-state index in [2.05, 4.69) is 4.74 Å². The number of carbonyl (C=O) groups is 2. The number of β-amino-alcohol motifs (C(OH)–C–C–N with tert-alkyl or cyclic N) is 1. The quantitative estimate of drug-likeness (QED) is 0.713. The Kier molecular flexibility index (Phi) is 5.38. The molecule has 1 amide bonds. The van der Waals surface area contributed by atoms with Crippen LogP contribution in [0.5, 0.6) is 0 Å². The zero-order valence-electron chi connectivity index (χ0n) is 8.25. The zero-order valence-corrected chi connectivity index (χ0v) is 9.07. The van der Waals surface area contributed by atoms with Crippen molar-refractivity contribution in [3.05, 3.63) is 0 Å². The second kappa shape index (κ2) is 5.77. The van der Waals surface area contributed by atoms with Gasteiger partial charge in [-0.1, -0.05) is 0 Å². The van der Waals surface area contributed by atoms with Gasteiger partial charge < -0.3 is 14.9 Å². The molecule has 0 aromatic carbocycles. The molecule has 1 fully saturated rings. The van der Waals surface area contributed by atoms with Crippen LogP contribution in [0.25, 0.3) is 0 Å². The smallest absolute Gasteiger partial charge is 0.410 e. The predicted molar refractivity (Wildman–Crippen MR) is 53.0 cm³/mol. The highest BCUT2D eigenvalue weighted by Gasteiger charge is 2.39. The topological polar surface area (TPSA) is 87.1 Å². The summed E-state index contributed by atoms with van der Waals surface area (Å²) in [7, 11) is 0. The first-order chi connectivity index (χ1) is 6.56. The van der Waals surface area contributed by atoms with E-state index >= 15 is 0 Å². The van der Waals surface area contributed by atoms with Crippen molar-refractivity contribution in [2.45, 2.75) is 25.5 Å². The molecule has 1 unspecified atom stereocenters. The van der Waals surface area contributed by atoms with Crippen molar-refractivity contribution in [1.29, 1.82) is 0 Å². The Bertz CT molecular complexity index is 247. The van der Waals surface area contributed by atoms with E-state index in [0.717, 1.165) is 4.90 Å². The van der Waals surface area contributed by atoms with Gasteiger partial charge in [0.1, 0.15) is 6.04 Å². The normalized spacial score (nSPS) is 24.5. The van der Waals surface area contributed by atoms with Crippen molar-refractivity contribution in [2.75, 3.05) is 13.2 Å². The molecular weight excluding hydrogens is 226 g/mol. The summed E-state index contributed by atoms with van der Waals surface area (Å²) >= 11 is 0. The number of nitrogens with zero attached hydrogens (tertiary/aromatic N) is 1. The molecule has 0 aromatic rings. The van der Waals surface area contributed by atoms with Gasteiger partial charge in [0.2, 0.25) is 0 Å². The third-order valence-corrected chi connectivity index (χ3v) is 2.07. The molecule has 2 N–H and O–H groups in total. The Hall–Kier alpha value is -1.01. The molecule has 1 heterocycles. The number of rotatable bonds is 2. The number of hydrogen-bond donors (Lipinski definition) is 2. The van der Waals surface area contributed by atoms with Crippen molar-refractivity contribution in [3.63, 3.8) is 0 Å². The second-order valence-corrected chi connectivity index (χ2v) is 3.09. The van der Waals surface area contributed by atoms with E-state index in [1.807, 2.05) is 0 Å². The number of aliphatic carboxylic acids is 1. The number of amides is 1. The first kappa shape index (κ1) is 14.0. The molecule has 1 aliphatic rings.